The zero-order valence-electron chi connectivity index (χ0n) is 8.52. The summed E-state index contributed by atoms with van der Waals surface area (Å²) in [5, 5.41) is 0.897. The monoisotopic (exact) mass is 267 g/mol. The van der Waals surface area contributed by atoms with Gasteiger partial charge in [0.1, 0.15) is 0 Å². The fraction of sp³-hybridized carbons (Fsp3) is 0. The van der Waals surface area contributed by atoms with E-state index >= 15 is 0 Å². The van der Waals surface area contributed by atoms with Gasteiger partial charge in [-0.05, 0) is 12.1 Å². The van der Waals surface area contributed by atoms with Gasteiger partial charge < -0.3 is 5.73 Å². The van der Waals surface area contributed by atoms with Crippen LogP contribution in [-0.4, -0.2) is 15.9 Å². The number of primary amides is 1. The minimum atomic E-state index is -0.582. The molecule has 0 saturated carbocycles. The second kappa shape index (κ2) is 4.69. The standard InChI is InChI=1S/C11H7Cl2N3O/c12-7-2-1-3-8(13)9(7)11-15-4-6(5-16-11)10(14)17/h1-5H,(H2,14,17). The molecule has 0 unspecified atom stereocenters. The molecular formula is C11H7Cl2N3O. The second-order valence-electron chi connectivity index (χ2n) is 3.26. The van der Waals surface area contributed by atoms with E-state index in [-0.39, 0.29) is 5.56 Å². The molecule has 2 N–H and O–H groups in total. The highest BCUT2D eigenvalue weighted by Crippen LogP contribution is 2.31. The lowest BCUT2D eigenvalue weighted by molar-refractivity contribution is 0.0999. The number of aromatic nitrogens is 2. The van der Waals surface area contributed by atoms with Crippen molar-refractivity contribution >= 4 is 29.1 Å². The van der Waals surface area contributed by atoms with E-state index in [1.807, 2.05) is 0 Å². The maximum absolute atomic E-state index is 10.9. The third kappa shape index (κ3) is 2.38. The van der Waals surface area contributed by atoms with E-state index in [1.54, 1.807) is 18.2 Å². The van der Waals surface area contributed by atoms with Crippen LogP contribution in [-0.2, 0) is 0 Å². The summed E-state index contributed by atoms with van der Waals surface area (Å²) in [5.41, 5.74) is 5.86. The largest absolute Gasteiger partial charge is 0.366 e. The summed E-state index contributed by atoms with van der Waals surface area (Å²) in [5.74, 6) is -0.229. The first-order chi connectivity index (χ1) is 8.09. The van der Waals surface area contributed by atoms with Crippen molar-refractivity contribution in [3.63, 3.8) is 0 Å². The second-order valence-corrected chi connectivity index (χ2v) is 4.07. The molecule has 0 bridgehead atoms. The van der Waals surface area contributed by atoms with E-state index in [0.717, 1.165) is 0 Å². The van der Waals surface area contributed by atoms with Crippen LogP contribution in [0.2, 0.25) is 10.0 Å². The van der Waals surface area contributed by atoms with Gasteiger partial charge in [-0.3, -0.25) is 4.79 Å². The van der Waals surface area contributed by atoms with E-state index in [9.17, 15) is 4.79 Å². The zero-order valence-corrected chi connectivity index (χ0v) is 10.0. The van der Waals surface area contributed by atoms with Crippen LogP contribution in [0, 0.1) is 0 Å². The van der Waals surface area contributed by atoms with Crippen LogP contribution in [0.4, 0.5) is 0 Å². The Morgan fingerprint density at radius 3 is 2.12 bits per heavy atom. The van der Waals surface area contributed by atoms with Gasteiger partial charge in [0.25, 0.3) is 5.91 Å². The highest BCUT2D eigenvalue weighted by Gasteiger charge is 2.11. The molecule has 0 aliphatic carbocycles. The fourth-order valence-corrected chi connectivity index (χ4v) is 1.86. The van der Waals surface area contributed by atoms with Crippen LogP contribution in [0.5, 0.6) is 0 Å². The quantitative estimate of drug-likeness (QED) is 0.909. The summed E-state index contributed by atoms with van der Waals surface area (Å²) in [4.78, 5) is 18.9. The summed E-state index contributed by atoms with van der Waals surface area (Å²) >= 11 is 12.0. The van der Waals surface area contributed by atoms with Gasteiger partial charge in [0.15, 0.2) is 5.82 Å². The van der Waals surface area contributed by atoms with Crippen LogP contribution in [0.1, 0.15) is 10.4 Å². The number of halogens is 2. The maximum Gasteiger partial charge on any atom is 0.251 e. The molecule has 1 amide bonds. The minimum absolute atomic E-state index is 0.233. The smallest absolute Gasteiger partial charge is 0.251 e. The number of hydrogen-bond donors (Lipinski definition) is 1. The Bertz CT molecular complexity index is 549. The number of rotatable bonds is 2. The third-order valence-corrected chi connectivity index (χ3v) is 2.75. The zero-order chi connectivity index (χ0) is 12.4. The molecule has 17 heavy (non-hydrogen) atoms. The molecule has 4 nitrogen and oxygen atoms in total. The van der Waals surface area contributed by atoms with Gasteiger partial charge in [-0.1, -0.05) is 29.3 Å². The molecule has 0 aliphatic heterocycles. The van der Waals surface area contributed by atoms with Crippen molar-refractivity contribution in [1.29, 1.82) is 0 Å². The Balaban J connectivity index is 2.50. The summed E-state index contributed by atoms with van der Waals surface area (Å²) in [6.07, 6.45) is 2.68. The molecule has 1 aromatic heterocycles. The first-order valence-electron chi connectivity index (χ1n) is 4.66. The minimum Gasteiger partial charge on any atom is -0.366 e. The van der Waals surface area contributed by atoms with Gasteiger partial charge in [-0.15, -0.1) is 0 Å². The van der Waals surface area contributed by atoms with Gasteiger partial charge in [0, 0.05) is 12.4 Å². The number of benzene rings is 1. The molecule has 86 valence electrons. The lowest BCUT2D eigenvalue weighted by Gasteiger charge is -2.05. The Kier molecular flexibility index (Phi) is 3.26. The van der Waals surface area contributed by atoms with Gasteiger partial charge in [-0.25, -0.2) is 9.97 Å². The van der Waals surface area contributed by atoms with Crippen molar-refractivity contribution in [2.45, 2.75) is 0 Å². The number of nitrogens with zero attached hydrogens (tertiary/aromatic N) is 2. The maximum atomic E-state index is 10.9. The Labute approximate surface area is 107 Å². The molecule has 0 fully saturated rings. The highest BCUT2D eigenvalue weighted by molar-refractivity contribution is 6.38. The van der Waals surface area contributed by atoms with Crippen molar-refractivity contribution in [3.8, 4) is 11.4 Å². The molecule has 0 spiro atoms. The number of hydrogen-bond acceptors (Lipinski definition) is 3. The molecule has 2 rings (SSSR count). The number of amides is 1. The predicted molar refractivity (Wildman–Crippen MR) is 66.0 cm³/mol. The molecule has 0 radical (unpaired) electrons. The Morgan fingerprint density at radius 2 is 1.65 bits per heavy atom. The Hall–Kier alpha value is -1.65. The molecule has 0 saturated heterocycles. The SMILES string of the molecule is NC(=O)c1cnc(-c2c(Cl)cccc2Cl)nc1. The first-order valence-corrected chi connectivity index (χ1v) is 5.41. The molecule has 6 heteroatoms. The first kappa shape index (κ1) is 11.8. The van der Waals surface area contributed by atoms with Crippen LogP contribution < -0.4 is 5.73 Å². The van der Waals surface area contributed by atoms with E-state index < -0.39 is 5.91 Å². The summed E-state index contributed by atoms with van der Waals surface area (Å²) in [6, 6.07) is 5.11. The van der Waals surface area contributed by atoms with Gasteiger partial charge in [0.05, 0.1) is 21.2 Å². The summed E-state index contributed by atoms with van der Waals surface area (Å²) in [6.45, 7) is 0. The van der Waals surface area contributed by atoms with Gasteiger partial charge in [0.2, 0.25) is 0 Å². The lowest BCUT2D eigenvalue weighted by atomic mass is 10.2. The van der Waals surface area contributed by atoms with Crippen molar-refractivity contribution < 1.29 is 4.79 Å². The molecule has 2 aromatic rings. The Morgan fingerprint density at radius 1 is 1.12 bits per heavy atom. The van der Waals surface area contributed by atoms with E-state index in [1.165, 1.54) is 12.4 Å². The predicted octanol–water partition coefficient (Wildman–Crippen LogP) is 2.55. The van der Waals surface area contributed by atoms with E-state index in [4.69, 9.17) is 28.9 Å². The van der Waals surface area contributed by atoms with Crippen molar-refractivity contribution in [3.05, 3.63) is 46.2 Å². The summed E-state index contributed by atoms with van der Waals surface area (Å²) < 4.78 is 0. The van der Waals surface area contributed by atoms with Crippen LogP contribution >= 0.6 is 23.2 Å². The average Bonchev–Trinajstić information content (AvgIpc) is 2.29. The summed E-state index contributed by atoms with van der Waals surface area (Å²) in [7, 11) is 0. The average molecular weight is 268 g/mol. The normalized spacial score (nSPS) is 10.2. The molecule has 0 atom stereocenters. The molecular weight excluding hydrogens is 261 g/mol. The van der Waals surface area contributed by atoms with E-state index in [2.05, 4.69) is 9.97 Å². The van der Waals surface area contributed by atoms with Crippen LogP contribution in [0.15, 0.2) is 30.6 Å². The van der Waals surface area contributed by atoms with Crippen molar-refractivity contribution in [1.82, 2.24) is 9.97 Å². The fourth-order valence-electron chi connectivity index (χ4n) is 1.30. The molecule has 0 aliphatic rings. The topological polar surface area (TPSA) is 68.9 Å². The van der Waals surface area contributed by atoms with E-state index in [0.29, 0.717) is 21.4 Å². The molecule has 1 heterocycles. The van der Waals surface area contributed by atoms with Crippen molar-refractivity contribution in [2.24, 2.45) is 5.73 Å². The number of nitrogens with two attached hydrogens (primary N) is 1. The van der Waals surface area contributed by atoms with Crippen molar-refractivity contribution in [2.75, 3.05) is 0 Å². The third-order valence-electron chi connectivity index (χ3n) is 2.12. The lowest BCUT2D eigenvalue weighted by Crippen LogP contribution is -2.11. The highest BCUT2D eigenvalue weighted by atomic mass is 35.5. The van der Waals surface area contributed by atoms with Crippen LogP contribution in [0.25, 0.3) is 11.4 Å². The van der Waals surface area contributed by atoms with Gasteiger partial charge >= 0.3 is 0 Å². The van der Waals surface area contributed by atoms with Crippen LogP contribution in [0.3, 0.4) is 0 Å². The molecule has 1 aromatic carbocycles. The number of carbonyl (C=O) groups is 1. The van der Waals surface area contributed by atoms with Gasteiger partial charge in [-0.2, -0.15) is 0 Å². The number of carbonyl (C=O) groups excluding carboxylic acids is 1.